The summed E-state index contributed by atoms with van der Waals surface area (Å²) in [5.41, 5.74) is 4.66. The number of fused-ring (bicyclic) bond motifs is 1. The van der Waals surface area contributed by atoms with Crippen LogP contribution < -0.4 is 16.1 Å². The van der Waals surface area contributed by atoms with Crippen LogP contribution in [-0.2, 0) is 16.0 Å². The number of benzene rings is 2. The number of carboxylic acid groups (broad SMARTS) is 1. The van der Waals surface area contributed by atoms with Crippen LogP contribution >= 0.6 is 0 Å². The topological polar surface area (TPSA) is 144 Å². The summed E-state index contributed by atoms with van der Waals surface area (Å²) in [7, 11) is 0. The molecule has 0 radical (unpaired) electrons. The average Bonchev–Trinajstić information content (AvgIpc) is 3.34. The quantitative estimate of drug-likeness (QED) is 0.235. The Kier molecular flexibility index (Phi) is 6.45. The number of hydrogen-bond donors (Lipinski definition) is 5. The second kappa shape index (κ2) is 9.90. The van der Waals surface area contributed by atoms with Crippen molar-refractivity contribution in [3.8, 4) is 11.1 Å². The molecular weight excluding hydrogens is 503 g/mol. The molecule has 2 aromatic heterocycles. The maximum Gasteiger partial charge on any atom is 0.307 e. The Morgan fingerprint density at radius 3 is 2.49 bits per heavy atom. The highest BCUT2D eigenvalue weighted by Gasteiger charge is 2.26. The van der Waals surface area contributed by atoms with Gasteiger partial charge in [-0.15, -0.1) is 0 Å². The number of H-pyrrole nitrogens is 2. The van der Waals surface area contributed by atoms with E-state index in [1.165, 1.54) is 36.7 Å². The van der Waals surface area contributed by atoms with Gasteiger partial charge in [-0.05, 0) is 60.9 Å². The van der Waals surface area contributed by atoms with Crippen LogP contribution in [0.3, 0.4) is 0 Å². The lowest BCUT2D eigenvalue weighted by atomic mass is 10.0. The van der Waals surface area contributed by atoms with Gasteiger partial charge in [0.1, 0.15) is 11.4 Å². The van der Waals surface area contributed by atoms with Crippen molar-refractivity contribution in [1.29, 1.82) is 0 Å². The van der Waals surface area contributed by atoms with Crippen LogP contribution in [-0.4, -0.2) is 32.9 Å². The van der Waals surface area contributed by atoms with Crippen molar-refractivity contribution < 1.29 is 23.9 Å². The fourth-order valence-corrected chi connectivity index (χ4v) is 4.63. The number of amides is 2. The largest absolute Gasteiger partial charge is 0.481 e. The van der Waals surface area contributed by atoms with E-state index in [9.17, 15) is 28.7 Å². The summed E-state index contributed by atoms with van der Waals surface area (Å²) in [5.74, 6) is -2.37. The Morgan fingerprint density at radius 1 is 1.03 bits per heavy atom. The van der Waals surface area contributed by atoms with Crippen molar-refractivity contribution >= 4 is 40.8 Å². The SMILES string of the molecule is Cc1[nH]c(C=C2C(=O)Nc3cc(NC(=O)c4c[nH]cc(-c5ccc(F)cc5)c4=O)ccc32)c(C)c1CC(=O)O. The van der Waals surface area contributed by atoms with Crippen molar-refractivity contribution in [1.82, 2.24) is 9.97 Å². The summed E-state index contributed by atoms with van der Waals surface area (Å²) in [5, 5.41) is 14.6. The van der Waals surface area contributed by atoms with E-state index in [4.69, 9.17) is 0 Å². The van der Waals surface area contributed by atoms with Gasteiger partial charge in [0.2, 0.25) is 5.43 Å². The van der Waals surface area contributed by atoms with E-state index in [1.54, 1.807) is 38.1 Å². The first-order valence-electron chi connectivity index (χ1n) is 12.0. The van der Waals surface area contributed by atoms with Crippen molar-refractivity contribution in [3.63, 3.8) is 0 Å². The van der Waals surface area contributed by atoms with Crippen LogP contribution in [0.2, 0.25) is 0 Å². The number of aromatic amines is 2. The lowest BCUT2D eigenvalue weighted by Gasteiger charge is -2.08. The zero-order valence-electron chi connectivity index (χ0n) is 20.9. The predicted octanol–water partition coefficient (Wildman–Crippen LogP) is 4.50. The highest BCUT2D eigenvalue weighted by molar-refractivity contribution is 6.35. The Morgan fingerprint density at radius 2 is 1.77 bits per heavy atom. The summed E-state index contributed by atoms with van der Waals surface area (Å²) in [6.07, 6.45) is 4.29. The molecule has 3 heterocycles. The molecule has 0 spiro atoms. The number of hydrogen-bond acceptors (Lipinski definition) is 4. The third-order valence-corrected chi connectivity index (χ3v) is 6.65. The lowest BCUT2D eigenvalue weighted by Crippen LogP contribution is -2.22. The molecule has 1 aliphatic rings. The smallest absolute Gasteiger partial charge is 0.307 e. The molecule has 0 aliphatic carbocycles. The molecule has 5 N–H and O–H groups in total. The Balaban J connectivity index is 1.40. The van der Waals surface area contributed by atoms with Crippen molar-refractivity contribution in [3.05, 3.63) is 105 Å². The van der Waals surface area contributed by atoms with Gasteiger partial charge in [0.05, 0.1) is 17.7 Å². The first-order valence-corrected chi connectivity index (χ1v) is 12.0. The van der Waals surface area contributed by atoms with Gasteiger partial charge in [0.25, 0.3) is 11.8 Å². The molecule has 0 fully saturated rings. The molecular formula is C29H23FN4O5. The number of rotatable bonds is 6. The minimum atomic E-state index is -0.942. The van der Waals surface area contributed by atoms with Gasteiger partial charge in [0.15, 0.2) is 0 Å². The minimum absolute atomic E-state index is 0.126. The number of carboxylic acids is 1. The number of pyridine rings is 1. The van der Waals surface area contributed by atoms with Crippen LogP contribution in [0.4, 0.5) is 15.8 Å². The van der Waals surface area contributed by atoms with Gasteiger partial charge < -0.3 is 25.7 Å². The molecule has 0 unspecified atom stereocenters. The number of aryl methyl sites for hydroxylation is 1. The van der Waals surface area contributed by atoms with E-state index < -0.39 is 23.1 Å². The summed E-state index contributed by atoms with van der Waals surface area (Å²) in [4.78, 5) is 55.8. The molecule has 196 valence electrons. The van der Waals surface area contributed by atoms with Crippen molar-refractivity contribution in [2.45, 2.75) is 20.3 Å². The molecule has 2 aromatic carbocycles. The first-order chi connectivity index (χ1) is 18.6. The Labute approximate surface area is 221 Å². The lowest BCUT2D eigenvalue weighted by molar-refractivity contribution is -0.136. The molecule has 10 heteroatoms. The minimum Gasteiger partial charge on any atom is -0.481 e. The second-order valence-corrected chi connectivity index (χ2v) is 9.18. The number of anilines is 2. The molecule has 2 amide bonds. The van der Waals surface area contributed by atoms with Gasteiger partial charge >= 0.3 is 5.97 Å². The fourth-order valence-electron chi connectivity index (χ4n) is 4.63. The molecule has 4 aromatic rings. The number of aliphatic carboxylic acids is 1. The summed E-state index contributed by atoms with van der Waals surface area (Å²) in [6, 6.07) is 10.3. The van der Waals surface area contributed by atoms with Crippen LogP contribution in [0.5, 0.6) is 0 Å². The van der Waals surface area contributed by atoms with Crippen LogP contribution in [0.1, 0.15) is 38.4 Å². The van der Waals surface area contributed by atoms with E-state index in [0.29, 0.717) is 39.3 Å². The zero-order valence-corrected chi connectivity index (χ0v) is 20.9. The number of aromatic nitrogens is 2. The van der Waals surface area contributed by atoms with Gasteiger partial charge in [-0.3, -0.25) is 19.2 Å². The van der Waals surface area contributed by atoms with Gasteiger partial charge in [-0.2, -0.15) is 0 Å². The highest BCUT2D eigenvalue weighted by Crippen LogP contribution is 2.36. The zero-order chi connectivity index (χ0) is 27.8. The Bertz CT molecular complexity index is 1750. The fraction of sp³-hybridized carbons (Fsp3) is 0.103. The third-order valence-electron chi connectivity index (χ3n) is 6.65. The van der Waals surface area contributed by atoms with Crippen LogP contribution in [0.25, 0.3) is 22.8 Å². The predicted molar refractivity (Wildman–Crippen MR) is 145 cm³/mol. The number of carbonyl (C=O) groups excluding carboxylic acids is 2. The van der Waals surface area contributed by atoms with Crippen LogP contribution in [0.15, 0.2) is 59.7 Å². The molecule has 0 bridgehead atoms. The second-order valence-electron chi connectivity index (χ2n) is 9.18. The van der Waals surface area contributed by atoms with E-state index in [1.807, 2.05) is 0 Å². The molecule has 9 nitrogen and oxygen atoms in total. The van der Waals surface area contributed by atoms with E-state index in [2.05, 4.69) is 20.6 Å². The Hall–Kier alpha value is -5.25. The highest BCUT2D eigenvalue weighted by atomic mass is 19.1. The summed E-state index contributed by atoms with van der Waals surface area (Å²) < 4.78 is 13.3. The maximum absolute atomic E-state index is 13.3. The third kappa shape index (κ3) is 4.87. The maximum atomic E-state index is 13.3. The standard InChI is InChI=1S/C29H23FN4O5/c1-14-20(11-26(35)36)15(2)32-24(14)10-21-19-8-7-18(9-25(19)34-28(21)38)33-29(39)23-13-31-12-22(27(23)37)16-3-5-17(30)6-4-16/h3-10,12-13,32H,11H2,1-2H3,(H,31,37)(H,33,39)(H,34,38)(H,35,36). The van der Waals surface area contributed by atoms with Crippen molar-refractivity contribution in [2.75, 3.05) is 10.6 Å². The molecule has 1 aliphatic heterocycles. The molecule has 39 heavy (non-hydrogen) atoms. The van der Waals surface area contributed by atoms with Crippen LogP contribution in [0, 0.1) is 19.7 Å². The number of carbonyl (C=O) groups is 3. The van der Waals surface area contributed by atoms with E-state index >= 15 is 0 Å². The monoisotopic (exact) mass is 526 g/mol. The normalized spacial score (nSPS) is 13.3. The molecule has 0 atom stereocenters. The number of nitrogens with one attached hydrogen (secondary N) is 4. The molecule has 5 rings (SSSR count). The van der Waals surface area contributed by atoms with Gasteiger partial charge in [-0.25, -0.2) is 4.39 Å². The van der Waals surface area contributed by atoms with Gasteiger partial charge in [-0.1, -0.05) is 18.2 Å². The summed E-state index contributed by atoms with van der Waals surface area (Å²) >= 11 is 0. The first kappa shape index (κ1) is 25.4. The molecule has 0 saturated carbocycles. The average molecular weight is 527 g/mol. The summed E-state index contributed by atoms with van der Waals surface area (Å²) in [6.45, 7) is 3.58. The van der Waals surface area contributed by atoms with E-state index in [0.717, 1.165) is 11.3 Å². The van der Waals surface area contributed by atoms with Crippen molar-refractivity contribution in [2.24, 2.45) is 0 Å². The number of halogens is 1. The molecule has 0 saturated heterocycles. The van der Waals surface area contributed by atoms with Gasteiger partial charge in [0, 0.05) is 40.6 Å². The van der Waals surface area contributed by atoms with E-state index in [-0.39, 0.29) is 23.5 Å².